The van der Waals surface area contributed by atoms with Gasteiger partial charge in [0.15, 0.2) is 0 Å². The van der Waals surface area contributed by atoms with Crippen LogP contribution in [0.5, 0.6) is 0 Å². The van der Waals surface area contributed by atoms with E-state index in [1.807, 2.05) is 6.92 Å². The molecule has 0 aliphatic heterocycles. The quantitative estimate of drug-likeness (QED) is 0.451. The second-order valence-corrected chi connectivity index (χ2v) is 4.49. The second-order valence-electron chi connectivity index (χ2n) is 3.87. The first-order chi connectivity index (χ1) is 8.45. The number of aryl methyl sites for hydroxylation is 1. The molecule has 0 spiro atoms. The summed E-state index contributed by atoms with van der Waals surface area (Å²) in [4.78, 5) is 20.2. The molecule has 0 aliphatic rings. The van der Waals surface area contributed by atoms with E-state index in [-0.39, 0.29) is 16.8 Å². The van der Waals surface area contributed by atoms with Crippen molar-refractivity contribution < 1.29 is 9.85 Å². The number of halogens is 1. The van der Waals surface area contributed by atoms with Crippen molar-refractivity contribution in [2.75, 3.05) is 0 Å². The average molecular weight is 273 g/mol. The van der Waals surface area contributed by atoms with Crippen molar-refractivity contribution in [1.82, 2.24) is 0 Å². The molecule has 0 amide bonds. The molecule has 0 saturated carbocycles. The van der Waals surface area contributed by atoms with Crippen LogP contribution < -0.4 is 0 Å². The SMILES string of the molecule is CCC(Cl)CCc1ccc([N+](=O)[O-])cc1[N+](=O)[O-]. The van der Waals surface area contributed by atoms with E-state index in [1.165, 1.54) is 12.1 Å². The van der Waals surface area contributed by atoms with Gasteiger partial charge in [0.2, 0.25) is 0 Å². The van der Waals surface area contributed by atoms with Gasteiger partial charge in [-0.25, -0.2) is 0 Å². The molecule has 0 saturated heterocycles. The van der Waals surface area contributed by atoms with E-state index >= 15 is 0 Å². The minimum atomic E-state index is -0.646. The lowest BCUT2D eigenvalue weighted by molar-refractivity contribution is -0.394. The van der Waals surface area contributed by atoms with E-state index in [0.717, 1.165) is 12.5 Å². The fraction of sp³-hybridized carbons (Fsp3) is 0.455. The molecule has 1 atom stereocenters. The average Bonchev–Trinajstić information content (AvgIpc) is 2.35. The minimum absolute atomic E-state index is 0.0419. The molecule has 98 valence electrons. The van der Waals surface area contributed by atoms with Gasteiger partial charge in [-0.1, -0.05) is 6.92 Å². The maximum absolute atomic E-state index is 10.9. The summed E-state index contributed by atoms with van der Waals surface area (Å²) >= 11 is 5.95. The third-order valence-electron chi connectivity index (χ3n) is 2.65. The van der Waals surface area contributed by atoms with Gasteiger partial charge in [0.1, 0.15) is 0 Å². The van der Waals surface area contributed by atoms with E-state index in [4.69, 9.17) is 11.6 Å². The third kappa shape index (κ3) is 3.66. The zero-order valence-corrected chi connectivity index (χ0v) is 10.6. The topological polar surface area (TPSA) is 86.3 Å². The van der Waals surface area contributed by atoms with Crippen LogP contribution in [0.15, 0.2) is 18.2 Å². The van der Waals surface area contributed by atoms with Crippen LogP contribution in [-0.2, 0) is 6.42 Å². The van der Waals surface area contributed by atoms with Gasteiger partial charge in [-0.05, 0) is 25.3 Å². The largest absolute Gasteiger partial charge is 0.279 e. The molecule has 1 unspecified atom stereocenters. The Balaban J connectivity index is 2.97. The normalized spacial score (nSPS) is 12.1. The summed E-state index contributed by atoms with van der Waals surface area (Å²) in [5.74, 6) is 0. The molecule has 0 heterocycles. The second kappa shape index (κ2) is 6.30. The fourth-order valence-corrected chi connectivity index (χ4v) is 1.67. The van der Waals surface area contributed by atoms with Crippen molar-refractivity contribution in [3.63, 3.8) is 0 Å². The Labute approximate surface area is 109 Å². The van der Waals surface area contributed by atoms with E-state index in [9.17, 15) is 20.2 Å². The standard InChI is InChI=1S/C11H13ClN2O4/c1-2-9(12)5-3-8-4-6-10(13(15)16)7-11(8)14(17)18/h4,6-7,9H,2-3,5H2,1H3. The van der Waals surface area contributed by atoms with Crippen LogP contribution in [0, 0.1) is 20.2 Å². The summed E-state index contributed by atoms with van der Waals surface area (Å²) in [6.45, 7) is 1.93. The Bertz CT molecular complexity index is 464. The number of nitrogens with zero attached hydrogens (tertiary/aromatic N) is 2. The van der Waals surface area contributed by atoms with Gasteiger partial charge in [0.05, 0.1) is 15.9 Å². The Morgan fingerprint density at radius 3 is 2.44 bits per heavy atom. The Morgan fingerprint density at radius 1 is 1.28 bits per heavy atom. The number of nitro groups is 2. The molecule has 0 N–H and O–H groups in total. The molecule has 1 aromatic carbocycles. The smallest absolute Gasteiger partial charge is 0.258 e. The zero-order valence-electron chi connectivity index (χ0n) is 9.84. The van der Waals surface area contributed by atoms with Crippen molar-refractivity contribution in [3.05, 3.63) is 44.0 Å². The molecule has 0 bridgehead atoms. The van der Waals surface area contributed by atoms with Crippen molar-refractivity contribution in [3.8, 4) is 0 Å². The molecule has 0 fully saturated rings. The summed E-state index contributed by atoms with van der Waals surface area (Å²) in [5.41, 5.74) is -0.0164. The van der Waals surface area contributed by atoms with Crippen LogP contribution in [0.1, 0.15) is 25.3 Å². The minimum Gasteiger partial charge on any atom is -0.258 e. The number of hydrogen-bond donors (Lipinski definition) is 0. The van der Waals surface area contributed by atoms with Crippen molar-refractivity contribution in [2.24, 2.45) is 0 Å². The van der Waals surface area contributed by atoms with E-state index in [2.05, 4.69) is 0 Å². The highest BCUT2D eigenvalue weighted by atomic mass is 35.5. The van der Waals surface area contributed by atoms with Gasteiger partial charge in [0.25, 0.3) is 11.4 Å². The molecule has 0 aromatic heterocycles. The molecule has 7 heteroatoms. The highest BCUT2D eigenvalue weighted by Crippen LogP contribution is 2.26. The first-order valence-electron chi connectivity index (χ1n) is 5.51. The van der Waals surface area contributed by atoms with Crippen LogP contribution in [0.25, 0.3) is 0 Å². The summed E-state index contributed by atoms with van der Waals surface area (Å²) in [5, 5.41) is 21.4. The number of alkyl halides is 1. The number of rotatable bonds is 6. The number of hydrogen-bond acceptors (Lipinski definition) is 4. The zero-order chi connectivity index (χ0) is 13.7. The van der Waals surface area contributed by atoms with Crippen LogP contribution in [0.3, 0.4) is 0 Å². The lowest BCUT2D eigenvalue weighted by atomic mass is 10.0. The van der Waals surface area contributed by atoms with Gasteiger partial charge < -0.3 is 0 Å². The molecule has 1 rings (SSSR count). The third-order valence-corrected chi connectivity index (χ3v) is 3.17. The highest BCUT2D eigenvalue weighted by Gasteiger charge is 2.19. The summed E-state index contributed by atoms with van der Waals surface area (Å²) in [7, 11) is 0. The fourth-order valence-electron chi connectivity index (χ4n) is 1.56. The number of non-ortho nitro benzene ring substituents is 1. The highest BCUT2D eigenvalue weighted by molar-refractivity contribution is 6.20. The van der Waals surface area contributed by atoms with Crippen molar-refractivity contribution in [1.29, 1.82) is 0 Å². The molecule has 1 aromatic rings. The monoisotopic (exact) mass is 272 g/mol. The van der Waals surface area contributed by atoms with Crippen molar-refractivity contribution in [2.45, 2.75) is 31.6 Å². The predicted octanol–water partition coefficient (Wildman–Crippen LogP) is 3.45. The lowest BCUT2D eigenvalue weighted by Gasteiger charge is -2.06. The summed E-state index contributed by atoms with van der Waals surface area (Å²) in [6.07, 6.45) is 1.83. The van der Waals surface area contributed by atoms with E-state index in [0.29, 0.717) is 18.4 Å². The summed E-state index contributed by atoms with van der Waals surface area (Å²) in [6, 6.07) is 3.69. The first-order valence-corrected chi connectivity index (χ1v) is 5.95. The molecule has 6 nitrogen and oxygen atoms in total. The van der Waals surface area contributed by atoms with Gasteiger partial charge in [-0.15, -0.1) is 11.6 Å². The van der Waals surface area contributed by atoms with Gasteiger partial charge in [0, 0.05) is 17.0 Å². The van der Waals surface area contributed by atoms with E-state index in [1.54, 1.807) is 0 Å². The van der Waals surface area contributed by atoms with E-state index < -0.39 is 9.85 Å². The number of benzene rings is 1. The Kier molecular flexibility index (Phi) is 5.03. The first kappa shape index (κ1) is 14.4. The Hall–Kier alpha value is -1.69. The van der Waals surface area contributed by atoms with Crippen LogP contribution in [0.2, 0.25) is 0 Å². The predicted molar refractivity (Wildman–Crippen MR) is 68.0 cm³/mol. The number of nitro benzene ring substituents is 2. The van der Waals surface area contributed by atoms with Crippen LogP contribution >= 0.6 is 11.6 Å². The van der Waals surface area contributed by atoms with Gasteiger partial charge in [-0.2, -0.15) is 0 Å². The maximum atomic E-state index is 10.9. The van der Waals surface area contributed by atoms with Crippen molar-refractivity contribution >= 4 is 23.0 Å². The van der Waals surface area contributed by atoms with Crippen LogP contribution in [0.4, 0.5) is 11.4 Å². The Morgan fingerprint density at radius 2 is 1.94 bits per heavy atom. The lowest BCUT2D eigenvalue weighted by Crippen LogP contribution is -2.02. The summed E-state index contributed by atoms with van der Waals surface area (Å²) < 4.78 is 0. The van der Waals surface area contributed by atoms with Gasteiger partial charge >= 0.3 is 0 Å². The van der Waals surface area contributed by atoms with Crippen LogP contribution in [-0.4, -0.2) is 15.2 Å². The molecular formula is C11H13ClN2O4. The molecular weight excluding hydrogens is 260 g/mol. The molecule has 0 aliphatic carbocycles. The maximum Gasteiger partial charge on any atom is 0.279 e. The molecule has 0 radical (unpaired) electrons. The van der Waals surface area contributed by atoms with Gasteiger partial charge in [-0.3, -0.25) is 20.2 Å². The molecule has 18 heavy (non-hydrogen) atoms.